The molecule has 1 heterocycles. The highest BCUT2D eigenvalue weighted by Crippen LogP contribution is 2.21. The Kier molecular flexibility index (Phi) is 6.36. The second-order valence-corrected chi connectivity index (χ2v) is 5.19. The van der Waals surface area contributed by atoms with Crippen LogP contribution in [0.4, 0.5) is 0 Å². The molecule has 1 aromatic rings. The van der Waals surface area contributed by atoms with Gasteiger partial charge in [-0.2, -0.15) is 0 Å². The molecule has 6 nitrogen and oxygen atoms in total. The summed E-state index contributed by atoms with van der Waals surface area (Å²) in [5.41, 5.74) is 1.17. The van der Waals surface area contributed by atoms with Crippen LogP contribution in [0.1, 0.15) is 18.6 Å². The monoisotopic (exact) mass is 305 g/mol. The molecule has 120 valence electrons. The highest BCUT2D eigenvalue weighted by molar-refractivity contribution is 6.35. The third-order valence-electron chi connectivity index (χ3n) is 3.58. The third kappa shape index (κ3) is 4.82. The number of carbonyl (C=O) groups is 2. The van der Waals surface area contributed by atoms with Crippen LogP contribution in [0.15, 0.2) is 30.3 Å². The number of nitrogens with one attached hydrogen (secondary N) is 2. The zero-order valence-corrected chi connectivity index (χ0v) is 12.9. The summed E-state index contributed by atoms with van der Waals surface area (Å²) >= 11 is 0. The Morgan fingerprint density at radius 3 is 2.68 bits per heavy atom. The van der Waals surface area contributed by atoms with Crippen LogP contribution in [-0.4, -0.2) is 56.0 Å². The standard InChI is InChI=1S/C16H23N3O3/c1-2-17-15(20)16(21)18-8-9-19-10-11-22-14(12-19)13-6-4-3-5-7-13/h3-7,14H,2,8-12H2,1H3,(H,17,20)(H,18,21)/t14-/m1/s1. The van der Waals surface area contributed by atoms with Gasteiger partial charge in [0.1, 0.15) is 0 Å². The number of hydrogen-bond donors (Lipinski definition) is 2. The number of benzene rings is 1. The van der Waals surface area contributed by atoms with Gasteiger partial charge in [-0.1, -0.05) is 30.3 Å². The Bertz CT molecular complexity index is 493. The van der Waals surface area contributed by atoms with E-state index in [0.29, 0.717) is 26.2 Å². The number of rotatable bonds is 5. The fourth-order valence-electron chi connectivity index (χ4n) is 2.42. The lowest BCUT2D eigenvalue weighted by Gasteiger charge is -2.33. The Morgan fingerprint density at radius 2 is 1.95 bits per heavy atom. The molecule has 1 aliphatic heterocycles. The van der Waals surface area contributed by atoms with Gasteiger partial charge in [0.2, 0.25) is 0 Å². The molecule has 0 unspecified atom stereocenters. The number of carbonyl (C=O) groups excluding carboxylic acids is 2. The van der Waals surface area contributed by atoms with E-state index in [1.165, 1.54) is 5.56 Å². The highest BCUT2D eigenvalue weighted by Gasteiger charge is 2.21. The van der Waals surface area contributed by atoms with E-state index in [1.807, 2.05) is 18.2 Å². The van der Waals surface area contributed by atoms with Gasteiger partial charge in [-0.15, -0.1) is 0 Å². The zero-order valence-electron chi connectivity index (χ0n) is 12.9. The van der Waals surface area contributed by atoms with E-state index in [1.54, 1.807) is 6.92 Å². The van der Waals surface area contributed by atoms with E-state index in [0.717, 1.165) is 13.1 Å². The predicted molar refractivity (Wildman–Crippen MR) is 83.3 cm³/mol. The fraction of sp³-hybridized carbons (Fsp3) is 0.500. The van der Waals surface area contributed by atoms with Crippen molar-refractivity contribution in [2.75, 3.05) is 39.3 Å². The van der Waals surface area contributed by atoms with Gasteiger partial charge in [0.05, 0.1) is 12.7 Å². The van der Waals surface area contributed by atoms with Crippen molar-refractivity contribution in [3.05, 3.63) is 35.9 Å². The van der Waals surface area contributed by atoms with Gasteiger partial charge in [0.15, 0.2) is 0 Å². The Hall–Kier alpha value is -1.92. The molecule has 0 spiro atoms. The first-order valence-electron chi connectivity index (χ1n) is 7.65. The molecule has 2 rings (SSSR count). The first-order valence-corrected chi connectivity index (χ1v) is 7.65. The maximum absolute atomic E-state index is 11.5. The van der Waals surface area contributed by atoms with Crippen LogP contribution in [0.2, 0.25) is 0 Å². The van der Waals surface area contributed by atoms with Crippen molar-refractivity contribution < 1.29 is 14.3 Å². The molecule has 1 fully saturated rings. The van der Waals surface area contributed by atoms with Gasteiger partial charge in [-0.05, 0) is 12.5 Å². The number of morpholine rings is 1. The van der Waals surface area contributed by atoms with Crippen LogP contribution in [-0.2, 0) is 14.3 Å². The molecule has 1 saturated heterocycles. The van der Waals surface area contributed by atoms with E-state index in [9.17, 15) is 9.59 Å². The van der Waals surface area contributed by atoms with Crippen molar-refractivity contribution in [2.24, 2.45) is 0 Å². The predicted octanol–water partition coefficient (Wildman–Crippen LogP) is 0.312. The summed E-state index contributed by atoms with van der Waals surface area (Å²) in [7, 11) is 0. The van der Waals surface area contributed by atoms with E-state index in [2.05, 4.69) is 27.7 Å². The van der Waals surface area contributed by atoms with Gasteiger partial charge >= 0.3 is 11.8 Å². The number of ether oxygens (including phenoxy) is 1. The minimum atomic E-state index is -0.577. The third-order valence-corrected chi connectivity index (χ3v) is 3.58. The maximum atomic E-state index is 11.5. The van der Waals surface area contributed by atoms with Crippen LogP contribution in [0.25, 0.3) is 0 Å². The van der Waals surface area contributed by atoms with Gasteiger partial charge < -0.3 is 15.4 Å². The van der Waals surface area contributed by atoms with E-state index in [-0.39, 0.29) is 6.10 Å². The first kappa shape index (κ1) is 16.5. The van der Waals surface area contributed by atoms with Crippen LogP contribution in [0, 0.1) is 0 Å². The average molecular weight is 305 g/mol. The van der Waals surface area contributed by atoms with Crippen LogP contribution in [0.3, 0.4) is 0 Å². The van der Waals surface area contributed by atoms with Crippen molar-refractivity contribution in [3.8, 4) is 0 Å². The molecular formula is C16H23N3O3. The second-order valence-electron chi connectivity index (χ2n) is 5.19. The van der Waals surface area contributed by atoms with Crippen molar-refractivity contribution in [2.45, 2.75) is 13.0 Å². The van der Waals surface area contributed by atoms with E-state index < -0.39 is 11.8 Å². The summed E-state index contributed by atoms with van der Waals surface area (Å²) in [4.78, 5) is 25.0. The minimum Gasteiger partial charge on any atom is -0.371 e. The summed E-state index contributed by atoms with van der Waals surface area (Å²) in [6, 6.07) is 10.1. The summed E-state index contributed by atoms with van der Waals surface area (Å²) in [5, 5.41) is 5.11. The van der Waals surface area contributed by atoms with E-state index in [4.69, 9.17) is 4.74 Å². The van der Waals surface area contributed by atoms with Gasteiger partial charge in [0.25, 0.3) is 0 Å². The lowest BCUT2D eigenvalue weighted by molar-refractivity contribution is -0.139. The lowest BCUT2D eigenvalue weighted by atomic mass is 10.1. The number of amides is 2. The van der Waals surface area contributed by atoms with Crippen LogP contribution >= 0.6 is 0 Å². The molecule has 1 aromatic carbocycles. The Morgan fingerprint density at radius 1 is 1.23 bits per heavy atom. The lowest BCUT2D eigenvalue weighted by Crippen LogP contribution is -2.45. The van der Waals surface area contributed by atoms with Gasteiger partial charge in [0, 0.05) is 32.7 Å². The Labute approximate surface area is 130 Å². The fourth-order valence-corrected chi connectivity index (χ4v) is 2.42. The van der Waals surface area contributed by atoms with Crippen molar-refractivity contribution >= 4 is 11.8 Å². The molecule has 6 heteroatoms. The van der Waals surface area contributed by atoms with Gasteiger partial charge in [-0.25, -0.2) is 0 Å². The van der Waals surface area contributed by atoms with Gasteiger partial charge in [-0.3, -0.25) is 14.5 Å². The summed E-state index contributed by atoms with van der Waals surface area (Å²) in [5.74, 6) is -1.15. The molecule has 0 radical (unpaired) electrons. The number of nitrogens with zero attached hydrogens (tertiary/aromatic N) is 1. The molecule has 0 saturated carbocycles. The normalized spacial score (nSPS) is 18.7. The second kappa shape index (κ2) is 8.51. The number of hydrogen-bond acceptors (Lipinski definition) is 4. The molecule has 2 amide bonds. The van der Waals surface area contributed by atoms with Crippen LogP contribution in [0.5, 0.6) is 0 Å². The molecule has 0 aromatic heterocycles. The summed E-state index contributed by atoms with van der Waals surface area (Å²) in [6.07, 6.45) is 0.0639. The van der Waals surface area contributed by atoms with Crippen LogP contribution < -0.4 is 10.6 Å². The quantitative estimate of drug-likeness (QED) is 0.768. The topological polar surface area (TPSA) is 70.7 Å². The highest BCUT2D eigenvalue weighted by atomic mass is 16.5. The molecule has 0 aliphatic carbocycles. The molecule has 1 atom stereocenters. The molecule has 22 heavy (non-hydrogen) atoms. The molecule has 0 bridgehead atoms. The Balaban J connectivity index is 1.74. The molecule has 1 aliphatic rings. The summed E-state index contributed by atoms with van der Waals surface area (Å²) < 4.78 is 5.80. The largest absolute Gasteiger partial charge is 0.371 e. The van der Waals surface area contributed by atoms with Crippen molar-refractivity contribution in [3.63, 3.8) is 0 Å². The number of likely N-dealkylation sites (N-methyl/N-ethyl adjacent to an activating group) is 1. The maximum Gasteiger partial charge on any atom is 0.309 e. The van der Waals surface area contributed by atoms with Crippen molar-refractivity contribution in [1.29, 1.82) is 0 Å². The molecule has 2 N–H and O–H groups in total. The first-order chi connectivity index (χ1) is 10.7. The summed E-state index contributed by atoms with van der Waals surface area (Å²) in [6.45, 7) is 5.69. The zero-order chi connectivity index (χ0) is 15.8. The smallest absolute Gasteiger partial charge is 0.309 e. The molecular weight excluding hydrogens is 282 g/mol. The average Bonchev–Trinajstić information content (AvgIpc) is 2.56. The van der Waals surface area contributed by atoms with Crippen molar-refractivity contribution in [1.82, 2.24) is 15.5 Å². The SMILES string of the molecule is CCNC(=O)C(=O)NCCN1CCO[C@@H](c2ccccc2)C1. The minimum absolute atomic E-state index is 0.0639. The van der Waals surface area contributed by atoms with E-state index >= 15 is 0 Å².